The average Bonchev–Trinajstić information content (AvgIpc) is 3.01. The van der Waals surface area contributed by atoms with Crippen molar-refractivity contribution in [2.45, 2.75) is 39.3 Å². The largest absolute Gasteiger partial charge is 0.461 e. The Balaban J connectivity index is 1.67. The number of hydrogen-bond donors (Lipinski definition) is 0. The highest BCUT2D eigenvalue weighted by Gasteiger charge is 2.28. The van der Waals surface area contributed by atoms with Gasteiger partial charge < -0.3 is 4.74 Å². The number of benzene rings is 1. The van der Waals surface area contributed by atoms with Gasteiger partial charge in [-0.25, -0.2) is 4.79 Å². The fourth-order valence-corrected chi connectivity index (χ4v) is 3.53. The summed E-state index contributed by atoms with van der Waals surface area (Å²) >= 11 is 0. The van der Waals surface area contributed by atoms with E-state index in [-0.39, 0.29) is 5.97 Å². The molecule has 1 aromatic carbocycles. The topological polar surface area (TPSA) is 47.4 Å². The Bertz CT molecular complexity index is 752. The molecule has 1 aliphatic heterocycles. The summed E-state index contributed by atoms with van der Waals surface area (Å²) in [4.78, 5) is 14.7. The molecule has 0 bridgehead atoms. The minimum Gasteiger partial charge on any atom is -0.461 e. The molecule has 5 heteroatoms. The molecular formula is C21H27N3O2. The van der Waals surface area contributed by atoms with Gasteiger partial charge in [-0.1, -0.05) is 36.4 Å². The number of esters is 1. The Morgan fingerprint density at radius 2 is 2.15 bits per heavy atom. The van der Waals surface area contributed by atoms with Crippen LogP contribution in [0.25, 0.3) is 0 Å². The van der Waals surface area contributed by atoms with Crippen molar-refractivity contribution >= 4 is 5.97 Å². The second kappa shape index (κ2) is 8.81. The number of aromatic nitrogens is 2. The van der Waals surface area contributed by atoms with Crippen molar-refractivity contribution in [1.29, 1.82) is 0 Å². The molecule has 0 radical (unpaired) electrons. The smallest absolute Gasteiger partial charge is 0.359 e. The maximum absolute atomic E-state index is 12.3. The quantitative estimate of drug-likeness (QED) is 0.540. The van der Waals surface area contributed by atoms with Gasteiger partial charge in [-0.05, 0) is 31.9 Å². The molecule has 5 nitrogen and oxygen atoms in total. The summed E-state index contributed by atoms with van der Waals surface area (Å²) in [6.45, 7) is 9.37. The Morgan fingerprint density at radius 3 is 2.88 bits per heavy atom. The summed E-state index contributed by atoms with van der Waals surface area (Å²) in [5.74, 6) is -0.322. The summed E-state index contributed by atoms with van der Waals surface area (Å²) in [5.41, 5.74) is 4.01. The molecular weight excluding hydrogens is 326 g/mol. The van der Waals surface area contributed by atoms with Gasteiger partial charge in [0.05, 0.1) is 13.2 Å². The van der Waals surface area contributed by atoms with Crippen LogP contribution in [0.3, 0.4) is 0 Å². The van der Waals surface area contributed by atoms with E-state index < -0.39 is 0 Å². The third-order valence-electron chi connectivity index (χ3n) is 4.77. The summed E-state index contributed by atoms with van der Waals surface area (Å²) in [5, 5.41) is 4.51. The van der Waals surface area contributed by atoms with Crippen LogP contribution < -0.4 is 0 Å². The van der Waals surface area contributed by atoms with Crippen molar-refractivity contribution in [3.63, 3.8) is 0 Å². The van der Waals surface area contributed by atoms with Gasteiger partial charge in [-0.3, -0.25) is 9.58 Å². The Labute approximate surface area is 155 Å². The van der Waals surface area contributed by atoms with Gasteiger partial charge in [-0.15, -0.1) is 6.58 Å². The molecule has 0 unspecified atom stereocenters. The SMILES string of the molecule is C=CCn1nc(C(=O)OCC)c2c1CCN(CCCc1ccccc1)C2. The highest BCUT2D eigenvalue weighted by atomic mass is 16.5. The molecule has 2 heterocycles. The lowest BCUT2D eigenvalue weighted by molar-refractivity contribution is 0.0516. The monoisotopic (exact) mass is 353 g/mol. The van der Waals surface area contributed by atoms with Crippen LogP contribution in [-0.2, 0) is 30.7 Å². The first kappa shape index (κ1) is 18.4. The van der Waals surface area contributed by atoms with Crippen molar-refractivity contribution in [3.05, 3.63) is 65.5 Å². The third kappa shape index (κ3) is 4.22. The maximum atomic E-state index is 12.3. The van der Waals surface area contributed by atoms with Gasteiger partial charge in [-0.2, -0.15) is 5.10 Å². The van der Waals surface area contributed by atoms with Gasteiger partial charge in [0.1, 0.15) is 0 Å². The Kier molecular flexibility index (Phi) is 6.23. The lowest BCUT2D eigenvalue weighted by Crippen LogP contribution is -2.32. The number of fused-ring (bicyclic) bond motifs is 1. The number of allylic oxidation sites excluding steroid dienone is 1. The molecule has 3 rings (SSSR count). The van der Waals surface area contributed by atoms with E-state index in [9.17, 15) is 4.79 Å². The van der Waals surface area contributed by atoms with E-state index in [2.05, 4.69) is 40.8 Å². The van der Waals surface area contributed by atoms with Crippen molar-refractivity contribution in [1.82, 2.24) is 14.7 Å². The minimum absolute atomic E-state index is 0.322. The third-order valence-corrected chi connectivity index (χ3v) is 4.77. The molecule has 0 saturated carbocycles. The number of hydrogen-bond acceptors (Lipinski definition) is 4. The molecule has 0 amide bonds. The second-order valence-electron chi connectivity index (χ2n) is 6.58. The predicted molar refractivity (Wildman–Crippen MR) is 102 cm³/mol. The van der Waals surface area contributed by atoms with Crippen LogP contribution in [0, 0.1) is 0 Å². The van der Waals surface area contributed by atoms with E-state index in [4.69, 9.17) is 4.74 Å². The summed E-state index contributed by atoms with van der Waals surface area (Å²) in [7, 11) is 0. The minimum atomic E-state index is -0.322. The van der Waals surface area contributed by atoms with Crippen molar-refractivity contribution in [2.75, 3.05) is 19.7 Å². The number of carbonyl (C=O) groups is 1. The van der Waals surface area contributed by atoms with E-state index in [1.54, 1.807) is 0 Å². The normalized spacial score (nSPS) is 14.0. The summed E-state index contributed by atoms with van der Waals surface area (Å²) < 4.78 is 7.10. The molecule has 0 atom stereocenters. The fourth-order valence-electron chi connectivity index (χ4n) is 3.53. The van der Waals surface area contributed by atoms with Gasteiger partial charge in [0, 0.05) is 30.8 Å². The maximum Gasteiger partial charge on any atom is 0.359 e. The zero-order chi connectivity index (χ0) is 18.4. The second-order valence-corrected chi connectivity index (χ2v) is 6.58. The van der Waals surface area contributed by atoms with Crippen LogP contribution in [0.5, 0.6) is 0 Å². The van der Waals surface area contributed by atoms with Crippen LogP contribution in [0.2, 0.25) is 0 Å². The average molecular weight is 353 g/mol. The number of carbonyl (C=O) groups excluding carboxylic acids is 1. The molecule has 2 aromatic rings. The van der Waals surface area contributed by atoms with Crippen molar-refractivity contribution < 1.29 is 9.53 Å². The zero-order valence-corrected chi connectivity index (χ0v) is 15.5. The fraction of sp³-hybridized carbons (Fsp3) is 0.429. The first-order valence-corrected chi connectivity index (χ1v) is 9.35. The van der Waals surface area contributed by atoms with E-state index in [1.165, 1.54) is 5.56 Å². The highest BCUT2D eigenvalue weighted by Crippen LogP contribution is 2.24. The van der Waals surface area contributed by atoms with Crippen LogP contribution in [0.15, 0.2) is 43.0 Å². The molecule has 0 fully saturated rings. The van der Waals surface area contributed by atoms with Crippen molar-refractivity contribution in [3.8, 4) is 0 Å². The Hall–Kier alpha value is -2.40. The lowest BCUT2D eigenvalue weighted by atomic mass is 10.0. The van der Waals surface area contributed by atoms with E-state index in [0.717, 1.165) is 50.2 Å². The summed E-state index contributed by atoms with van der Waals surface area (Å²) in [6.07, 6.45) is 4.90. The van der Waals surface area contributed by atoms with Crippen LogP contribution in [0.4, 0.5) is 0 Å². The van der Waals surface area contributed by atoms with E-state index >= 15 is 0 Å². The lowest BCUT2D eigenvalue weighted by Gasteiger charge is -2.27. The summed E-state index contributed by atoms with van der Waals surface area (Å²) in [6, 6.07) is 10.6. The van der Waals surface area contributed by atoms with Gasteiger partial charge in [0.15, 0.2) is 5.69 Å². The zero-order valence-electron chi connectivity index (χ0n) is 15.5. The molecule has 1 aromatic heterocycles. The van der Waals surface area contributed by atoms with Gasteiger partial charge >= 0.3 is 5.97 Å². The number of aryl methyl sites for hydroxylation is 1. The first-order valence-electron chi connectivity index (χ1n) is 9.35. The molecule has 1 aliphatic rings. The number of nitrogens with zero attached hydrogens (tertiary/aromatic N) is 3. The first-order chi connectivity index (χ1) is 12.7. The van der Waals surface area contributed by atoms with Crippen molar-refractivity contribution in [2.24, 2.45) is 0 Å². The van der Waals surface area contributed by atoms with Crippen LogP contribution >= 0.6 is 0 Å². The number of rotatable bonds is 8. The molecule has 26 heavy (non-hydrogen) atoms. The highest BCUT2D eigenvalue weighted by molar-refractivity contribution is 5.89. The molecule has 138 valence electrons. The van der Waals surface area contributed by atoms with E-state index in [1.807, 2.05) is 23.7 Å². The predicted octanol–water partition coefficient (Wildman–Crippen LogP) is 3.24. The van der Waals surface area contributed by atoms with Gasteiger partial charge in [0.25, 0.3) is 0 Å². The van der Waals surface area contributed by atoms with Crippen LogP contribution in [-0.4, -0.2) is 40.3 Å². The molecule has 0 aliphatic carbocycles. The Morgan fingerprint density at radius 1 is 1.35 bits per heavy atom. The van der Waals surface area contributed by atoms with Gasteiger partial charge in [0.2, 0.25) is 0 Å². The standard InChI is InChI=1S/C21H27N3O2/c1-3-13-24-19-12-15-23(14-8-11-17-9-6-5-7-10-17)16-18(19)20(22-24)21(25)26-4-2/h3,5-7,9-10H,1,4,8,11-16H2,2H3. The number of ether oxygens (including phenoxy) is 1. The van der Waals surface area contributed by atoms with E-state index in [0.29, 0.717) is 18.8 Å². The molecule has 0 saturated heterocycles. The van der Waals surface area contributed by atoms with Crippen LogP contribution in [0.1, 0.15) is 40.7 Å². The molecule has 0 spiro atoms. The molecule has 0 N–H and O–H groups in total.